The predicted molar refractivity (Wildman–Crippen MR) is 72.7 cm³/mol. The third-order valence-electron chi connectivity index (χ3n) is 3.09. The predicted octanol–water partition coefficient (Wildman–Crippen LogP) is 3.94. The van der Waals surface area contributed by atoms with E-state index in [2.05, 4.69) is 66.3 Å². The number of nitrogens with one attached hydrogen (secondary N) is 1. The molecule has 1 N–H and O–H groups in total. The molecule has 0 aromatic heterocycles. The van der Waals surface area contributed by atoms with Gasteiger partial charge in [-0.15, -0.1) is 0 Å². The summed E-state index contributed by atoms with van der Waals surface area (Å²) in [6, 6.07) is 8.72. The molecule has 1 aliphatic rings. The average Bonchev–Trinajstić information content (AvgIpc) is 2.93. The van der Waals surface area contributed by atoms with Gasteiger partial charge in [-0.05, 0) is 63.3 Å². The van der Waals surface area contributed by atoms with Gasteiger partial charge in [-0.25, -0.2) is 0 Å². The van der Waals surface area contributed by atoms with Gasteiger partial charge in [0.15, 0.2) is 0 Å². The number of hydrogen-bond acceptors (Lipinski definition) is 1. The van der Waals surface area contributed by atoms with Crippen LogP contribution in [0.2, 0.25) is 0 Å². The van der Waals surface area contributed by atoms with Crippen LogP contribution in [0.3, 0.4) is 0 Å². The Hall–Kier alpha value is -0.340. The molecule has 1 fully saturated rings. The maximum Gasteiger partial charge on any atom is 0.0178 e. The van der Waals surface area contributed by atoms with Crippen molar-refractivity contribution < 1.29 is 0 Å². The first-order valence-corrected chi connectivity index (χ1v) is 6.75. The molecule has 1 nitrogen and oxygen atoms in total. The number of hydrogen-bond donors (Lipinski definition) is 1. The van der Waals surface area contributed by atoms with Crippen molar-refractivity contribution >= 4 is 15.9 Å². The van der Waals surface area contributed by atoms with Gasteiger partial charge in [-0.1, -0.05) is 28.1 Å². The fourth-order valence-corrected chi connectivity index (χ4v) is 2.47. The maximum absolute atomic E-state index is 3.59. The summed E-state index contributed by atoms with van der Waals surface area (Å²) in [4.78, 5) is 0. The molecule has 1 aromatic rings. The molecule has 0 heterocycles. The van der Waals surface area contributed by atoms with Gasteiger partial charge in [0, 0.05) is 10.0 Å². The van der Waals surface area contributed by atoms with Crippen molar-refractivity contribution in [3.8, 4) is 0 Å². The van der Waals surface area contributed by atoms with Gasteiger partial charge >= 0.3 is 0 Å². The molecule has 1 aliphatic carbocycles. The smallest absolute Gasteiger partial charge is 0.0178 e. The minimum atomic E-state index is 0.240. The average molecular weight is 282 g/mol. The van der Waals surface area contributed by atoms with Crippen molar-refractivity contribution in [2.75, 3.05) is 6.54 Å². The Bertz CT molecular complexity index is 367. The molecule has 0 spiro atoms. The normalized spacial score (nSPS) is 24.5. The first-order valence-electron chi connectivity index (χ1n) is 5.96. The van der Waals surface area contributed by atoms with E-state index in [-0.39, 0.29) is 5.54 Å². The van der Waals surface area contributed by atoms with Gasteiger partial charge in [-0.2, -0.15) is 0 Å². The Morgan fingerprint density at radius 3 is 2.75 bits per heavy atom. The minimum absolute atomic E-state index is 0.240. The Morgan fingerprint density at radius 1 is 1.38 bits per heavy atom. The van der Waals surface area contributed by atoms with Gasteiger partial charge < -0.3 is 5.32 Å². The summed E-state index contributed by atoms with van der Waals surface area (Å²) in [6.07, 6.45) is 1.33. The van der Waals surface area contributed by atoms with Crippen LogP contribution in [-0.2, 0) is 0 Å². The number of benzene rings is 1. The van der Waals surface area contributed by atoms with E-state index >= 15 is 0 Å². The highest BCUT2D eigenvalue weighted by molar-refractivity contribution is 9.10. The highest BCUT2D eigenvalue weighted by atomic mass is 79.9. The zero-order valence-electron chi connectivity index (χ0n) is 10.3. The second-order valence-electron chi connectivity index (χ2n) is 5.79. The zero-order chi connectivity index (χ0) is 11.8. The molecule has 1 saturated carbocycles. The van der Waals surface area contributed by atoms with Crippen LogP contribution < -0.4 is 5.32 Å². The Balaban J connectivity index is 1.87. The second kappa shape index (κ2) is 4.50. The quantitative estimate of drug-likeness (QED) is 0.885. The van der Waals surface area contributed by atoms with Crippen LogP contribution in [0.25, 0.3) is 0 Å². The molecule has 2 unspecified atom stereocenters. The third-order valence-corrected chi connectivity index (χ3v) is 3.59. The lowest BCUT2D eigenvalue weighted by Gasteiger charge is -2.20. The lowest BCUT2D eigenvalue weighted by molar-refractivity contribution is 0.414. The van der Waals surface area contributed by atoms with Crippen LogP contribution in [0.1, 0.15) is 38.7 Å². The van der Waals surface area contributed by atoms with E-state index in [1.165, 1.54) is 16.5 Å². The molecule has 2 atom stereocenters. The van der Waals surface area contributed by atoms with Crippen LogP contribution in [0.5, 0.6) is 0 Å². The van der Waals surface area contributed by atoms with Crippen molar-refractivity contribution in [3.05, 3.63) is 34.3 Å². The van der Waals surface area contributed by atoms with Gasteiger partial charge in [0.1, 0.15) is 0 Å². The molecule has 1 aromatic carbocycles. The highest BCUT2D eigenvalue weighted by Crippen LogP contribution is 2.47. The minimum Gasteiger partial charge on any atom is -0.312 e. The topological polar surface area (TPSA) is 12.0 Å². The maximum atomic E-state index is 3.59. The van der Waals surface area contributed by atoms with E-state index in [0.29, 0.717) is 0 Å². The Morgan fingerprint density at radius 2 is 2.12 bits per heavy atom. The summed E-state index contributed by atoms with van der Waals surface area (Å²) in [5.74, 6) is 1.60. The lowest BCUT2D eigenvalue weighted by Crippen LogP contribution is -2.37. The standard InChI is InChI=1S/C14H20BrN/c1-14(2,3)16-9-11-8-13(11)10-5-4-6-12(15)7-10/h4-7,11,13,16H,8-9H2,1-3H3. The molecule has 2 heteroatoms. The van der Waals surface area contributed by atoms with Gasteiger partial charge in [0.05, 0.1) is 0 Å². The highest BCUT2D eigenvalue weighted by Gasteiger charge is 2.38. The summed E-state index contributed by atoms with van der Waals surface area (Å²) in [5.41, 5.74) is 1.72. The van der Waals surface area contributed by atoms with Crippen molar-refractivity contribution in [2.45, 2.75) is 38.6 Å². The van der Waals surface area contributed by atoms with Gasteiger partial charge in [-0.3, -0.25) is 0 Å². The number of rotatable bonds is 3. The molecule has 16 heavy (non-hydrogen) atoms. The summed E-state index contributed by atoms with van der Waals surface area (Å²) in [7, 11) is 0. The summed E-state index contributed by atoms with van der Waals surface area (Å²) in [6.45, 7) is 7.82. The van der Waals surface area contributed by atoms with Crippen molar-refractivity contribution in [1.29, 1.82) is 0 Å². The monoisotopic (exact) mass is 281 g/mol. The molecule has 0 amide bonds. The summed E-state index contributed by atoms with van der Waals surface area (Å²) < 4.78 is 1.19. The van der Waals surface area contributed by atoms with Crippen LogP contribution in [0.4, 0.5) is 0 Å². The van der Waals surface area contributed by atoms with Crippen LogP contribution in [-0.4, -0.2) is 12.1 Å². The van der Waals surface area contributed by atoms with Crippen molar-refractivity contribution in [1.82, 2.24) is 5.32 Å². The number of halogens is 1. The molecular formula is C14H20BrN. The van der Waals surface area contributed by atoms with Crippen LogP contribution >= 0.6 is 15.9 Å². The van der Waals surface area contributed by atoms with E-state index in [4.69, 9.17) is 0 Å². The van der Waals surface area contributed by atoms with E-state index in [0.717, 1.165) is 18.4 Å². The van der Waals surface area contributed by atoms with E-state index < -0.39 is 0 Å². The summed E-state index contributed by atoms with van der Waals surface area (Å²) >= 11 is 3.53. The molecule has 0 saturated heterocycles. The fourth-order valence-electron chi connectivity index (χ4n) is 2.06. The van der Waals surface area contributed by atoms with Crippen LogP contribution in [0.15, 0.2) is 28.7 Å². The Labute approximate surface area is 107 Å². The zero-order valence-corrected chi connectivity index (χ0v) is 11.8. The van der Waals surface area contributed by atoms with E-state index in [1.807, 2.05) is 0 Å². The van der Waals surface area contributed by atoms with E-state index in [9.17, 15) is 0 Å². The van der Waals surface area contributed by atoms with Gasteiger partial charge in [0.25, 0.3) is 0 Å². The third kappa shape index (κ3) is 3.33. The Kier molecular flexibility index (Phi) is 3.41. The summed E-state index contributed by atoms with van der Waals surface area (Å²) in [5, 5.41) is 3.59. The van der Waals surface area contributed by atoms with E-state index in [1.54, 1.807) is 0 Å². The van der Waals surface area contributed by atoms with Crippen molar-refractivity contribution in [3.63, 3.8) is 0 Å². The molecular weight excluding hydrogens is 262 g/mol. The second-order valence-corrected chi connectivity index (χ2v) is 6.70. The molecule has 0 bridgehead atoms. The first-order chi connectivity index (χ1) is 7.46. The molecule has 0 aliphatic heterocycles. The van der Waals surface area contributed by atoms with Crippen molar-refractivity contribution in [2.24, 2.45) is 5.92 Å². The lowest BCUT2D eigenvalue weighted by atomic mass is 10.1. The SMILES string of the molecule is CC(C)(C)NCC1CC1c1cccc(Br)c1. The molecule has 2 rings (SSSR count). The molecule has 0 radical (unpaired) electrons. The fraction of sp³-hybridized carbons (Fsp3) is 0.571. The van der Waals surface area contributed by atoms with Crippen LogP contribution in [0, 0.1) is 5.92 Å². The largest absolute Gasteiger partial charge is 0.312 e. The molecule has 88 valence electrons. The van der Waals surface area contributed by atoms with Gasteiger partial charge in [0.2, 0.25) is 0 Å². The first kappa shape index (κ1) is 12.1.